The van der Waals surface area contributed by atoms with Crippen molar-refractivity contribution in [1.29, 1.82) is 0 Å². The van der Waals surface area contributed by atoms with Gasteiger partial charge in [0.15, 0.2) is 0 Å². The molecule has 2 bridgehead atoms. The minimum absolute atomic E-state index is 0. The number of nitroso groups, excluding NO2 is 1. The smallest absolute Gasteiger partial charge is 0.120 e. The van der Waals surface area contributed by atoms with Gasteiger partial charge in [0.2, 0.25) is 0 Å². The average molecular weight is 1270 g/mol. The van der Waals surface area contributed by atoms with E-state index in [-0.39, 0.29) is 39.9 Å². The van der Waals surface area contributed by atoms with Gasteiger partial charge in [-0.2, -0.15) is 0 Å². The van der Waals surface area contributed by atoms with Crippen LogP contribution in [0.2, 0.25) is 0 Å². The van der Waals surface area contributed by atoms with Crippen LogP contribution < -0.4 is 42.7 Å². The Morgan fingerprint density at radius 2 is 0.594 bits per heavy atom. The van der Waals surface area contributed by atoms with Crippen LogP contribution in [0.1, 0.15) is 6.42 Å². The molecule has 0 aromatic heterocycles. The van der Waals surface area contributed by atoms with E-state index in [1.54, 1.807) is 0 Å². The zero-order valence-corrected chi connectivity index (χ0v) is 45.0. The van der Waals surface area contributed by atoms with E-state index >= 15 is 0 Å². The Kier molecular flexibility index (Phi) is 24.9. The fourth-order valence-electron chi connectivity index (χ4n) is 6.99. The molecule has 7 aromatic carbocycles. The molecule has 69 heavy (non-hydrogen) atoms. The predicted molar refractivity (Wildman–Crippen MR) is 278 cm³/mol. The third-order valence-corrected chi connectivity index (χ3v) is 16.6. The number of hydrogen-bond donors (Lipinski definition) is 0. The summed E-state index contributed by atoms with van der Waals surface area (Å²) in [4.78, 5) is 7.25. The van der Waals surface area contributed by atoms with Crippen LogP contribution in [0.4, 0.5) is 25.2 Å². The molecule has 7 aromatic rings. The molecule has 8 radical (unpaired) electrons. The third-order valence-electron chi connectivity index (χ3n) is 9.87. The Hall–Kier alpha value is -3.79. The van der Waals surface area contributed by atoms with Crippen LogP contribution in [0.5, 0.6) is 0 Å². The maximum atomic E-state index is 9.87. The van der Waals surface area contributed by atoms with Gasteiger partial charge in [0.1, 0.15) is 5.59 Å². The monoisotopic (exact) mass is 1270 g/mol. The van der Waals surface area contributed by atoms with Gasteiger partial charge in [-0.3, -0.25) is 0 Å². The van der Waals surface area contributed by atoms with E-state index in [0.717, 1.165) is 11.8 Å². The van der Waals surface area contributed by atoms with Gasteiger partial charge >= 0.3 is 33.0 Å². The molecule has 0 atom stereocenters. The Morgan fingerprint density at radius 3 is 0.797 bits per heavy atom. The van der Waals surface area contributed by atoms with Crippen molar-refractivity contribution in [3.05, 3.63) is 280 Å². The molecule has 0 N–H and O–H groups in total. The SMILES string of the molecule is C1=CC2C=CC1C2.F[P-](F)(F)(F)(F)F.[CH2-]P(c1ccccc1)c1ccccc1.[CH]1[CH][CH][C](P(c2ccccc2)c2ccccc2)[CH]1.[N]=O.[Re].[Rh].c1ccc(P(c2ccccc2)c2ccccc2)cc1. The summed E-state index contributed by atoms with van der Waals surface area (Å²) in [5.74, 6) is 1.62. The topological polar surface area (TPSA) is 39.4 Å². The summed E-state index contributed by atoms with van der Waals surface area (Å²) >= 11 is 0. The first kappa shape index (κ1) is 59.5. The van der Waals surface area contributed by atoms with E-state index in [0.29, 0.717) is 0 Å². The molecule has 10 rings (SSSR count). The molecule has 0 unspecified atom stereocenters. The van der Waals surface area contributed by atoms with Gasteiger partial charge in [-0.1, -0.05) is 247 Å². The second-order valence-electron chi connectivity index (χ2n) is 14.9. The van der Waals surface area contributed by atoms with Gasteiger partial charge in [0.25, 0.3) is 0 Å². The first-order valence-corrected chi connectivity index (χ1v) is 27.3. The summed E-state index contributed by atoms with van der Waals surface area (Å²) in [5.41, 5.74) is 7.17. The molecule has 2 nitrogen and oxygen atoms in total. The maximum Gasteiger partial charge on any atom is 0.120 e. The van der Waals surface area contributed by atoms with Crippen molar-refractivity contribution >= 4 is 68.7 Å². The fraction of sp³-hybridized carbons (Fsp3) is 0.0545. The number of halogens is 6. The molecular weight excluding hydrogens is 1220 g/mol. The molecule has 0 saturated heterocycles. The fourth-order valence-corrected chi connectivity index (χ4v) is 13.0. The zero-order chi connectivity index (χ0) is 48.0. The van der Waals surface area contributed by atoms with E-state index in [2.05, 4.69) is 257 Å². The maximum absolute atomic E-state index is 10.7. The van der Waals surface area contributed by atoms with Crippen LogP contribution in [0.3, 0.4) is 0 Å². The van der Waals surface area contributed by atoms with Gasteiger partial charge in [-0.25, -0.2) is 7.92 Å². The summed E-state index contributed by atoms with van der Waals surface area (Å²) < 4.78 is 59.2. The molecule has 0 spiro atoms. The van der Waals surface area contributed by atoms with Crippen molar-refractivity contribution in [3.8, 4) is 0 Å². The van der Waals surface area contributed by atoms with Gasteiger partial charge < -0.3 is 6.66 Å². The van der Waals surface area contributed by atoms with Gasteiger partial charge in [-0.05, 0) is 86.3 Å². The third kappa shape index (κ3) is 22.4. The summed E-state index contributed by atoms with van der Waals surface area (Å²) in [5, 5.41) is 9.66. The van der Waals surface area contributed by atoms with Crippen LogP contribution in [-0.2, 0) is 39.9 Å². The molecule has 360 valence electrons. The Morgan fingerprint density at radius 1 is 0.391 bits per heavy atom. The number of nitrogens with zero attached hydrogens (tertiary/aromatic N) is 1. The van der Waals surface area contributed by atoms with Crippen LogP contribution in [-0.4, -0.2) is 0 Å². The second kappa shape index (κ2) is 28.9. The molecule has 0 aliphatic heterocycles. The number of hydrogen-bond acceptors (Lipinski definition) is 1. The largest absolute Gasteiger partial charge is 0.308 e. The van der Waals surface area contributed by atoms with Crippen LogP contribution >= 0.6 is 31.6 Å². The van der Waals surface area contributed by atoms with Crippen molar-refractivity contribution in [3.63, 3.8) is 0 Å². The zero-order valence-electron chi connectivity index (χ0n) is 37.0. The van der Waals surface area contributed by atoms with Crippen molar-refractivity contribution in [1.82, 2.24) is 5.59 Å². The van der Waals surface area contributed by atoms with Gasteiger partial charge in [0.05, 0.1) is 0 Å². The molecule has 0 amide bonds. The minimum atomic E-state index is -10.7. The van der Waals surface area contributed by atoms with E-state index in [9.17, 15) is 25.2 Å². The summed E-state index contributed by atoms with van der Waals surface area (Å²) in [6.45, 7) is 4.24. The van der Waals surface area contributed by atoms with E-state index in [1.165, 1.54) is 49.2 Å². The molecular formula is C55H49F6NOP4ReRh-2. The normalized spacial score (nSPS) is 16.1. The van der Waals surface area contributed by atoms with Gasteiger partial charge in [-0.15, -0.1) is 4.91 Å². The molecule has 1 fully saturated rings. The Bertz CT molecular complexity index is 2310. The number of allylic oxidation sites excluding steroid dienone is 4. The minimum Gasteiger partial charge on any atom is -0.308 e. The van der Waals surface area contributed by atoms with Crippen molar-refractivity contribution < 1.29 is 65.1 Å². The quantitative estimate of drug-likeness (QED) is 0.0491. The molecule has 1 saturated carbocycles. The number of benzene rings is 7. The second-order valence-corrected chi connectivity index (χ2v) is 23.1. The van der Waals surface area contributed by atoms with Crippen LogP contribution in [0.25, 0.3) is 0 Å². The van der Waals surface area contributed by atoms with E-state index < -0.39 is 31.6 Å². The molecule has 0 heterocycles. The first-order valence-electron chi connectivity index (χ1n) is 21.1. The van der Waals surface area contributed by atoms with Crippen LogP contribution in [0.15, 0.2) is 237 Å². The summed E-state index contributed by atoms with van der Waals surface area (Å²) in [7, 11) is -11.9. The molecule has 3 aliphatic carbocycles. The predicted octanol–water partition coefficient (Wildman–Crippen LogP) is 14.5. The Labute approximate surface area is 434 Å². The standard InChI is InChI=1S/C18H15P.C17H14P.C13H12P.C7H8.F6P.NO.Re.Rh/c1-4-10-16(11-5-1)19(17-12-6-2-7-13-17)18-14-8-3-9-15-18;1-3-9-15(10-4-1)18(17-13-7-8-14-17)16-11-5-2-6-12-16;1-14(12-8-4-2-5-9-12)13-10-6-3-7-11-13;1-2-7-4-3-6(1)5-7;1-7(2,3,4,5)6;1-2;;/h1-15H;1-14H;2-11H,1H2;1-4,6-7H,5H2;;;;/q;;-1;;-1;;;. The van der Waals surface area contributed by atoms with E-state index in [4.69, 9.17) is 10.5 Å². The van der Waals surface area contributed by atoms with Crippen molar-refractivity contribution in [2.45, 2.75) is 6.42 Å². The Balaban J connectivity index is 0.000000235. The molecule has 14 heteroatoms. The number of fused-ring (bicyclic) bond motifs is 2. The van der Waals surface area contributed by atoms with Crippen LogP contribution in [0, 0.1) is 54.7 Å². The van der Waals surface area contributed by atoms with E-state index in [1.807, 2.05) is 12.1 Å². The van der Waals surface area contributed by atoms with Gasteiger partial charge in [0, 0.05) is 45.6 Å². The molecule has 3 aliphatic rings. The average Bonchev–Trinajstić information content (AvgIpc) is 4.17. The van der Waals surface area contributed by atoms with Crippen molar-refractivity contribution in [2.24, 2.45) is 11.8 Å². The summed E-state index contributed by atoms with van der Waals surface area (Å²) in [6.07, 6.45) is 19.2. The first-order chi connectivity index (χ1) is 32.2. The number of rotatable bonds is 8. The van der Waals surface area contributed by atoms with Crippen molar-refractivity contribution in [2.75, 3.05) is 0 Å². The summed E-state index contributed by atoms with van der Waals surface area (Å²) in [6, 6.07) is 74.8.